The Kier molecular flexibility index (Phi) is 15.9. The van der Waals surface area contributed by atoms with Crippen LogP contribution in [0.15, 0.2) is 83.7 Å². The molecule has 0 unspecified atom stereocenters. The van der Waals surface area contributed by atoms with E-state index in [4.69, 9.17) is 35.2 Å². The highest BCUT2D eigenvalue weighted by Gasteiger charge is 2.58. The number of aliphatic hydroxyl groups excluding tert-OH is 4. The summed E-state index contributed by atoms with van der Waals surface area (Å²) in [6.07, 6.45) is 0.357. The van der Waals surface area contributed by atoms with Crippen molar-refractivity contribution in [2.75, 3.05) is 44.5 Å². The fourth-order valence-electron chi connectivity index (χ4n) is 13.4. The Labute approximate surface area is 473 Å². The monoisotopic (exact) mass is 1130 g/mol. The smallest absolute Gasteiger partial charge is 0.242 e. The van der Waals surface area contributed by atoms with Crippen LogP contribution in [-0.2, 0) is 30.4 Å². The molecule has 434 valence electrons. The van der Waals surface area contributed by atoms with Gasteiger partial charge in [0.2, 0.25) is 12.2 Å². The summed E-state index contributed by atoms with van der Waals surface area (Å²) in [5, 5.41) is 75.4. The molecule has 1 amide bonds. The van der Waals surface area contributed by atoms with Crippen LogP contribution in [0.5, 0.6) is 11.5 Å². The summed E-state index contributed by atoms with van der Waals surface area (Å²) in [5.41, 5.74) is 14.0. The highest BCUT2D eigenvalue weighted by molar-refractivity contribution is 6.29. The number of nitrogens with zero attached hydrogens (tertiary/aromatic N) is 1. The first-order chi connectivity index (χ1) is 39.7. The van der Waals surface area contributed by atoms with Gasteiger partial charge in [-0.15, -0.1) is 0 Å². The molecule has 1 saturated carbocycles. The number of nitrogens with one attached hydrogen (secondary N) is 5. The number of hydrogen-bond donors (Lipinski definition) is 12. The van der Waals surface area contributed by atoms with Gasteiger partial charge in [-0.1, -0.05) is 67.2 Å². The third kappa shape index (κ3) is 10.3. The number of aliphatic hydroxyl groups is 5. The molecule has 3 bridgehead atoms. The first-order valence-corrected chi connectivity index (χ1v) is 28.4. The summed E-state index contributed by atoms with van der Waals surface area (Å²) < 4.78 is 34.2. The molecule has 22 heteroatoms. The highest BCUT2D eigenvalue weighted by atomic mass is 16.7. The van der Waals surface area contributed by atoms with E-state index in [2.05, 4.69) is 44.5 Å². The van der Waals surface area contributed by atoms with Gasteiger partial charge in [0.25, 0.3) is 0 Å². The summed E-state index contributed by atoms with van der Waals surface area (Å²) in [6, 6.07) is 12.9. The number of amides is 1. The molecule has 3 aromatic carbocycles. The number of carbonyl (C=O) groups excluding carboxylic acids is 4. The van der Waals surface area contributed by atoms with Crippen LogP contribution in [0.2, 0.25) is 0 Å². The minimum absolute atomic E-state index is 0.0328. The van der Waals surface area contributed by atoms with Crippen LogP contribution in [0, 0.1) is 23.7 Å². The van der Waals surface area contributed by atoms with Crippen LogP contribution in [0.3, 0.4) is 0 Å². The van der Waals surface area contributed by atoms with Gasteiger partial charge in [0, 0.05) is 70.8 Å². The van der Waals surface area contributed by atoms with Crippen molar-refractivity contribution in [3.63, 3.8) is 0 Å². The summed E-state index contributed by atoms with van der Waals surface area (Å²) in [5.74, 6) is 2.26. The number of nitrogens with two attached hydrogens (primary N) is 2. The van der Waals surface area contributed by atoms with Gasteiger partial charge in [0.15, 0.2) is 28.7 Å². The van der Waals surface area contributed by atoms with E-state index in [-0.39, 0.29) is 103 Å². The number of dihydropyridines is 1. The Hall–Kier alpha value is -6.56. The molecule has 4 fully saturated rings. The SMILES string of the molecule is NC1=C2C(=CCN1)[C@@H](CO[C@@H]1[C@H]3Oc4c(cc5c(c4OC[C@H](O)CC=O)C(=O)c4cc(CO)ccc4C5=O)[C@H](c4ccccc4N4CN[C@@H]5C(=O)N[C@H](N)N[C@H]54)[C@H]4CC[C@@H](O)CC#C[C@](O)([C@H](COC4)O3)[C@H]1O)C=C[C@@H]2NC1CCCC1. The van der Waals surface area contributed by atoms with E-state index in [0.29, 0.717) is 41.5 Å². The lowest BCUT2D eigenvalue weighted by Crippen LogP contribution is -2.70. The number of para-hydroxylation sites is 1. The predicted molar refractivity (Wildman–Crippen MR) is 294 cm³/mol. The third-order valence-electron chi connectivity index (χ3n) is 17.6. The van der Waals surface area contributed by atoms with Gasteiger partial charge in [-0.05, 0) is 72.6 Å². The largest absolute Gasteiger partial charge is 0.486 e. The predicted octanol–water partition coefficient (Wildman–Crippen LogP) is 0.000600. The maximum Gasteiger partial charge on any atom is 0.242 e. The Morgan fingerprint density at radius 3 is 2.63 bits per heavy atom. The van der Waals surface area contributed by atoms with E-state index >= 15 is 9.59 Å². The molecule has 82 heavy (non-hydrogen) atoms. The number of anilines is 1. The summed E-state index contributed by atoms with van der Waals surface area (Å²) >= 11 is 0. The van der Waals surface area contributed by atoms with Crippen molar-refractivity contribution in [3.05, 3.63) is 123 Å². The van der Waals surface area contributed by atoms with Crippen LogP contribution in [0.1, 0.15) is 106 Å². The number of rotatable bonds is 13. The molecule has 6 aliphatic heterocycles. The Morgan fingerprint density at radius 1 is 0.988 bits per heavy atom. The van der Waals surface area contributed by atoms with Crippen molar-refractivity contribution in [2.24, 2.45) is 23.3 Å². The number of hydrogen-bond acceptors (Lipinski definition) is 21. The number of fused-ring (bicyclic) bond motifs is 9. The van der Waals surface area contributed by atoms with Crippen LogP contribution in [-0.4, -0.2) is 162 Å². The van der Waals surface area contributed by atoms with Crippen molar-refractivity contribution >= 4 is 29.4 Å². The molecular weight excluding hydrogens is 1060 g/mol. The fourth-order valence-corrected chi connectivity index (χ4v) is 13.4. The average Bonchev–Trinajstić information content (AvgIpc) is 2.28. The van der Waals surface area contributed by atoms with Gasteiger partial charge < -0.3 is 80.6 Å². The van der Waals surface area contributed by atoms with Crippen molar-refractivity contribution in [2.45, 2.75) is 137 Å². The quantitative estimate of drug-likeness (QED) is 0.0476. The molecule has 3 aliphatic carbocycles. The van der Waals surface area contributed by atoms with E-state index in [1.807, 2.05) is 41.3 Å². The minimum atomic E-state index is -2.39. The molecule has 14 N–H and O–H groups in total. The van der Waals surface area contributed by atoms with Gasteiger partial charge in [0.05, 0.1) is 56.9 Å². The number of benzene rings is 3. The normalized spacial score (nSPS) is 32.7. The second-order valence-electron chi connectivity index (χ2n) is 22.8. The first-order valence-electron chi connectivity index (χ1n) is 28.4. The minimum Gasteiger partial charge on any atom is -0.486 e. The van der Waals surface area contributed by atoms with Gasteiger partial charge in [-0.2, -0.15) is 0 Å². The molecular formula is C60H70N8O14. The maximum absolute atomic E-state index is 15.4. The molecule has 12 rings (SSSR count). The van der Waals surface area contributed by atoms with Crippen molar-refractivity contribution < 1.29 is 68.4 Å². The third-order valence-corrected chi connectivity index (χ3v) is 17.6. The highest BCUT2D eigenvalue weighted by Crippen LogP contribution is 2.52. The number of ketones is 2. The second kappa shape index (κ2) is 23.2. The summed E-state index contributed by atoms with van der Waals surface area (Å²) in [7, 11) is 0. The average molecular weight is 1130 g/mol. The lowest BCUT2D eigenvalue weighted by Gasteiger charge is -2.47. The van der Waals surface area contributed by atoms with E-state index in [1.54, 1.807) is 12.1 Å². The fraction of sp³-hybridized carbons (Fsp3) is 0.500. The topological polar surface area (TPSA) is 331 Å². The Balaban J connectivity index is 1.06. The van der Waals surface area contributed by atoms with Gasteiger partial charge in [-0.3, -0.25) is 30.8 Å². The van der Waals surface area contributed by atoms with Gasteiger partial charge in [0.1, 0.15) is 55.5 Å². The Bertz CT molecular complexity index is 3170. The summed E-state index contributed by atoms with van der Waals surface area (Å²) in [4.78, 5) is 57.9. The van der Waals surface area contributed by atoms with Crippen molar-refractivity contribution in [1.29, 1.82) is 0 Å². The standard InChI is InChI=1S/C60H70N8O14/c61-55-46-36(17-20-63-55)31(13-16-42(46)65-33-6-1-2-7-33)26-79-53-54(75)60(77)19-5-8-34(71)14-12-32-25-78-28-44(60)81-58(53)82-51-41(45(32)38-9-3-4-10-43(38)68-29-64-48-56(68)66-59(62)67-57(48)76)23-40-47(52(51)80-27-35(72)18-21-69)50(74)39-22-30(24-70)11-15-37(39)49(40)73/h3-4,9-11,13,15-17,21-23,31-35,42,44-45,48,53-54,56,58-59,63-66,70-72,75,77H,1-2,6-8,12,14,18,20,24-29,61-62H2,(H,67,76)/t31-,32+,34+,35-,42+,44+,45+,48+,53+,54+,56+,58-,59-,60+/m1/s1. The lowest BCUT2D eigenvalue weighted by atomic mass is 9.74. The molecule has 3 aromatic rings. The molecule has 9 aliphatic rings. The van der Waals surface area contributed by atoms with Crippen molar-refractivity contribution in [3.8, 4) is 23.3 Å². The zero-order chi connectivity index (χ0) is 57.0. The number of aldehydes is 1. The maximum atomic E-state index is 15.4. The number of carbonyl (C=O) groups is 4. The Morgan fingerprint density at radius 2 is 1.82 bits per heavy atom. The molecule has 0 spiro atoms. The zero-order valence-corrected chi connectivity index (χ0v) is 45.1. The van der Waals surface area contributed by atoms with Crippen LogP contribution >= 0.6 is 0 Å². The van der Waals surface area contributed by atoms with Gasteiger partial charge in [-0.25, -0.2) is 0 Å². The summed E-state index contributed by atoms with van der Waals surface area (Å²) in [6.45, 7) is -0.897. The zero-order valence-electron chi connectivity index (χ0n) is 45.1. The van der Waals surface area contributed by atoms with Crippen LogP contribution < -0.4 is 52.4 Å². The molecule has 3 saturated heterocycles. The van der Waals surface area contributed by atoms with Crippen molar-refractivity contribution in [1.82, 2.24) is 26.6 Å². The number of ether oxygens (including phenoxy) is 5. The molecule has 0 radical (unpaired) electrons. The van der Waals surface area contributed by atoms with Crippen LogP contribution in [0.4, 0.5) is 5.69 Å². The molecule has 6 heterocycles. The lowest BCUT2D eigenvalue weighted by molar-refractivity contribution is -0.309. The van der Waals surface area contributed by atoms with E-state index in [1.165, 1.54) is 12.1 Å². The molecule has 14 atom stereocenters. The second-order valence-corrected chi connectivity index (χ2v) is 22.8. The first kappa shape index (κ1) is 55.9. The van der Waals surface area contributed by atoms with E-state index in [9.17, 15) is 35.1 Å². The van der Waals surface area contributed by atoms with Gasteiger partial charge >= 0.3 is 0 Å². The molecule has 22 nitrogen and oxygen atoms in total. The van der Waals surface area contributed by atoms with Crippen LogP contribution in [0.25, 0.3) is 0 Å². The molecule has 0 aromatic heterocycles. The van der Waals surface area contributed by atoms with E-state index < -0.39 is 103 Å². The van der Waals surface area contributed by atoms with E-state index in [0.717, 1.165) is 36.8 Å².